The molecule has 0 aliphatic carbocycles. The van der Waals surface area contributed by atoms with Gasteiger partial charge in [0.1, 0.15) is 0 Å². The summed E-state index contributed by atoms with van der Waals surface area (Å²) in [6.45, 7) is 4.27. The quantitative estimate of drug-likeness (QED) is 0.780. The monoisotopic (exact) mass is 250 g/mol. The zero-order valence-corrected chi connectivity index (χ0v) is 11.5. The molecule has 2 heteroatoms. The van der Waals surface area contributed by atoms with E-state index in [1.165, 1.54) is 12.0 Å². The molecule has 0 bridgehead atoms. The van der Waals surface area contributed by atoms with Crippen LogP contribution in [0.5, 0.6) is 0 Å². The molecule has 2 nitrogen and oxygen atoms in total. The van der Waals surface area contributed by atoms with Gasteiger partial charge < -0.3 is 0 Å². The summed E-state index contributed by atoms with van der Waals surface area (Å²) in [6, 6.07) is 8.37. The van der Waals surface area contributed by atoms with E-state index in [0.29, 0.717) is 5.82 Å². The van der Waals surface area contributed by atoms with Crippen molar-refractivity contribution in [1.82, 2.24) is 9.97 Å². The van der Waals surface area contributed by atoms with Crippen molar-refractivity contribution in [2.24, 2.45) is 0 Å². The maximum Gasteiger partial charge on any atom is 0.205 e. The number of rotatable bonds is 3. The molecule has 1 heterocycles. The summed E-state index contributed by atoms with van der Waals surface area (Å²) in [6.07, 6.45) is 6.91. The van der Waals surface area contributed by atoms with E-state index in [-0.39, 0.29) is 0 Å². The average Bonchev–Trinajstić information content (AvgIpc) is 2.47. The van der Waals surface area contributed by atoms with Crippen molar-refractivity contribution in [2.75, 3.05) is 0 Å². The van der Waals surface area contributed by atoms with Gasteiger partial charge in [-0.2, -0.15) is 0 Å². The maximum absolute atomic E-state index is 4.23. The molecule has 2 rings (SSSR count). The van der Waals surface area contributed by atoms with Gasteiger partial charge >= 0.3 is 0 Å². The maximum atomic E-state index is 4.23. The summed E-state index contributed by atoms with van der Waals surface area (Å²) in [7, 11) is 0. The number of hydrogen-bond donors (Lipinski definition) is 0. The van der Waals surface area contributed by atoms with Crippen molar-refractivity contribution in [2.45, 2.75) is 33.1 Å². The van der Waals surface area contributed by atoms with Crippen LogP contribution in [0.2, 0.25) is 0 Å². The third-order valence-corrected chi connectivity index (χ3v) is 2.92. The van der Waals surface area contributed by atoms with Gasteiger partial charge in [-0.05, 0) is 42.0 Å². The highest BCUT2D eigenvalue weighted by Gasteiger charge is 1.93. The number of benzene rings is 1. The molecule has 19 heavy (non-hydrogen) atoms. The van der Waals surface area contributed by atoms with Gasteiger partial charge in [0.15, 0.2) is 0 Å². The van der Waals surface area contributed by atoms with Crippen molar-refractivity contribution in [3.05, 3.63) is 59.2 Å². The van der Waals surface area contributed by atoms with Crippen molar-refractivity contribution in [1.29, 1.82) is 0 Å². The Hall–Kier alpha value is -2.14. The molecule has 1 aromatic heterocycles. The Morgan fingerprint density at radius 2 is 1.58 bits per heavy atom. The first kappa shape index (κ1) is 13.3. The van der Waals surface area contributed by atoms with Gasteiger partial charge in [-0.1, -0.05) is 38.3 Å². The van der Waals surface area contributed by atoms with Crippen LogP contribution in [0, 0.1) is 11.8 Å². The lowest BCUT2D eigenvalue weighted by atomic mass is 10.1. The first-order chi connectivity index (χ1) is 9.31. The van der Waals surface area contributed by atoms with Gasteiger partial charge in [0, 0.05) is 18.0 Å². The highest BCUT2D eigenvalue weighted by atomic mass is 14.8. The Balaban J connectivity index is 2.09. The second-order valence-electron chi connectivity index (χ2n) is 4.47. The lowest BCUT2D eigenvalue weighted by Crippen LogP contribution is -1.91. The smallest absolute Gasteiger partial charge is 0.205 e. The minimum absolute atomic E-state index is 0.579. The molecule has 0 N–H and O–H groups in total. The second kappa shape index (κ2) is 6.70. The molecule has 0 atom stereocenters. The second-order valence-corrected chi connectivity index (χ2v) is 4.47. The molecule has 0 saturated heterocycles. The molecular weight excluding hydrogens is 232 g/mol. The normalized spacial score (nSPS) is 9.79. The van der Waals surface area contributed by atoms with Crippen LogP contribution in [0.4, 0.5) is 0 Å². The largest absolute Gasteiger partial charge is 0.229 e. The van der Waals surface area contributed by atoms with Crippen LogP contribution in [0.3, 0.4) is 0 Å². The predicted molar refractivity (Wildman–Crippen MR) is 77.8 cm³/mol. The number of hydrogen-bond acceptors (Lipinski definition) is 2. The highest BCUT2D eigenvalue weighted by molar-refractivity contribution is 5.39. The summed E-state index contributed by atoms with van der Waals surface area (Å²) in [5.74, 6) is 6.66. The summed E-state index contributed by atoms with van der Waals surface area (Å²) in [4.78, 5) is 8.45. The zero-order chi connectivity index (χ0) is 13.5. The fraction of sp³-hybridized carbons (Fsp3) is 0.294. The number of aryl methyl sites for hydroxylation is 2. The van der Waals surface area contributed by atoms with Gasteiger partial charge in [0.2, 0.25) is 5.82 Å². The van der Waals surface area contributed by atoms with E-state index in [4.69, 9.17) is 0 Å². The number of nitrogens with zero attached hydrogens (tertiary/aromatic N) is 2. The first-order valence-corrected chi connectivity index (χ1v) is 6.73. The van der Waals surface area contributed by atoms with Gasteiger partial charge in [-0.25, -0.2) is 9.97 Å². The first-order valence-electron chi connectivity index (χ1n) is 6.73. The Morgan fingerprint density at radius 3 is 2.16 bits per heavy atom. The molecular formula is C17H18N2. The lowest BCUT2D eigenvalue weighted by molar-refractivity contribution is 0.922. The van der Waals surface area contributed by atoms with E-state index in [9.17, 15) is 0 Å². The summed E-state index contributed by atoms with van der Waals surface area (Å²) in [5.41, 5.74) is 3.49. The van der Waals surface area contributed by atoms with Gasteiger partial charge in [-0.15, -0.1) is 0 Å². The van der Waals surface area contributed by atoms with Crippen molar-refractivity contribution < 1.29 is 0 Å². The van der Waals surface area contributed by atoms with E-state index in [1.807, 2.05) is 12.4 Å². The third kappa shape index (κ3) is 3.93. The van der Waals surface area contributed by atoms with Gasteiger partial charge in [-0.3, -0.25) is 0 Å². The lowest BCUT2D eigenvalue weighted by Gasteiger charge is -1.97. The van der Waals surface area contributed by atoms with Crippen LogP contribution in [-0.2, 0) is 12.8 Å². The minimum atomic E-state index is 0.579. The standard InChI is InChI=1S/C17H18N2/c1-3-5-15-6-8-16(9-7-15)10-11-17-18-12-14(4-2)13-19-17/h6-9,12-13H,3-5H2,1-2H3. The number of aromatic nitrogens is 2. The van der Waals surface area contributed by atoms with Crippen LogP contribution in [0.1, 0.15) is 42.8 Å². The Bertz CT molecular complexity index is 571. The molecule has 0 spiro atoms. The third-order valence-electron chi connectivity index (χ3n) is 2.92. The highest BCUT2D eigenvalue weighted by Crippen LogP contribution is 2.05. The fourth-order valence-electron chi connectivity index (χ4n) is 1.77. The van der Waals surface area contributed by atoms with E-state index in [2.05, 4.69) is 59.9 Å². The van der Waals surface area contributed by atoms with Crippen LogP contribution >= 0.6 is 0 Å². The molecule has 0 saturated carbocycles. The van der Waals surface area contributed by atoms with E-state index < -0.39 is 0 Å². The van der Waals surface area contributed by atoms with Crippen LogP contribution in [-0.4, -0.2) is 9.97 Å². The molecule has 96 valence electrons. The van der Waals surface area contributed by atoms with Crippen LogP contribution < -0.4 is 0 Å². The average molecular weight is 250 g/mol. The predicted octanol–water partition coefficient (Wildman–Crippen LogP) is 3.39. The molecule has 0 radical (unpaired) electrons. The molecule has 2 aromatic rings. The van der Waals surface area contributed by atoms with Gasteiger partial charge in [0.05, 0.1) is 0 Å². The van der Waals surface area contributed by atoms with E-state index in [0.717, 1.165) is 24.0 Å². The van der Waals surface area contributed by atoms with Crippen LogP contribution in [0.25, 0.3) is 0 Å². The summed E-state index contributed by atoms with van der Waals surface area (Å²) >= 11 is 0. The van der Waals surface area contributed by atoms with Crippen molar-refractivity contribution in [3.63, 3.8) is 0 Å². The molecule has 1 aromatic carbocycles. The SMILES string of the molecule is CCCc1ccc(C#Cc2ncc(CC)cn2)cc1. The summed E-state index contributed by atoms with van der Waals surface area (Å²) < 4.78 is 0. The topological polar surface area (TPSA) is 25.8 Å². The van der Waals surface area contributed by atoms with Gasteiger partial charge in [0.25, 0.3) is 0 Å². The Labute approximate surface area is 114 Å². The Morgan fingerprint density at radius 1 is 0.895 bits per heavy atom. The zero-order valence-electron chi connectivity index (χ0n) is 11.5. The molecule has 0 fully saturated rings. The van der Waals surface area contributed by atoms with Crippen molar-refractivity contribution >= 4 is 0 Å². The summed E-state index contributed by atoms with van der Waals surface area (Å²) in [5, 5.41) is 0. The van der Waals surface area contributed by atoms with E-state index >= 15 is 0 Å². The molecule has 0 aliphatic rings. The molecule has 0 aliphatic heterocycles. The van der Waals surface area contributed by atoms with Crippen LogP contribution in [0.15, 0.2) is 36.7 Å². The molecule has 0 unspecified atom stereocenters. The minimum Gasteiger partial charge on any atom is -0.229 e. The van der Waals surface area contributed by atoms with Crippen molar-refractivity contribution in [3.8, 4) is 11.8 Å². The van der Waals surface area contributed by atoms with E-state index in [1.54, 1.807) is 0 Å². The molecule has 0 amide bonds. The Kier molecular flexibility index (Phi) is 4.69. The fourth-order valence-corrected chi connectivity index (χ4v) is 1.77.